The van der Waals surface area contributed by atoms with Crippen LogP contribution in [0.3, 0.4) is 0 Å². The van der Waals surface area contributed by atoms with Crippen LogP contribution in [0.15, 0.2) is 264 Å². The Hall–Kier alpha value is -11.0. The number of hydrogen-bond acceptors (Lipinski definition) is 8. The van der Waals surface area contributed by atoms with E-state index in [0.29, 0.717) is 34.9 Å². The van der Waals surface area contributed by atoms with Crippen molar-refractivity contribution in [2.75, 3.05) is 0 Å². The maximum absolute atomic E-state index is 6.25. The Morgan fingerprint density at radius 2 is 0.524 bits per heavy atom. The van der Waals surface area contributed by atoms with Gasteiger partial charge in [0.15, 0.2) is 34.9 Å². The highest BCUT2D eigenvalue weighted by Crippen LogP contribution is 2.57. The van der Waals surface area contributed by atoms with Gasteiger partial charge < -0.3 is 8.83 Å². The molecule has 0 saturated carbocycles. The predicted molar refractivity (Wildman–Crippen MR) is 326 cm³/mol. The summed E-state index contributed by atoms with van der Waals surface area (Å²) in [6.07, 6.45) is 0. The quantitative estimate of drug-likeness (QED) is 0.148. The number of fused-ring (bicyclic) bond motifs is 6. The second-order valence-corrected chi connectivity index (χ2v) is 21.2. The van der Waals surface area contributed by atoms with Crippen LogP contribution in [-0.2, 0) is 0 Å². The third-order valence-electron chi connectivity index (χ3n) is 16.6. The lowest BCUT2D eigenvalue weighted by molar-refractivity contribution is 0.668. The molecule has 11 aromatic carbocycles. The van der Waals surface area contributed by atoms with Gasteiger partial charge in [-0.3, -0.25) is 0 Å². The van der Waals surface area contributed by atoms with Gasteiger partial charge in [-0.1, -0.05) is 218 Å². The van der Waals surface area contributed by atoms with Gasteiger partial charge in [0.05, 0.1) is 0 Å². The molecular formula is C74H44N6O2. The molecule has 0 amide bonds. The Bertz CT molecular complexity index is 4730. The first-order valence-corrected chi connectivity index (χ1v) is 27.6. The van der Waals surface area contributed by atoms with Crippen molar-refractivity contribution >= 4 is 43.9 Å². The van der Waals surface area contributed by atoms with E-state index in [4.69, 9.17) is 38.7 Å². The molecule has 82 heavy (non-hydrogen) atoms. The second-order valence-electron chi connectivity index (χ2n) is 21.2. The van der Waals surface area contributed by atoms with E-state index in [1.165, 1.54) is 33.4 Å². The maximum atomic E-state index is 6.25. The lowest BCUT2D eigenvalue weighted by atomic mass is 9.61. The Balaban J connectivity index is 0.743. The standard InChI is InChI=1S/C74H44N6O2/c1-3-15-45(16-4-1)69-75-71(47-33-29-43(30-34-47)51-23-13-27-63-67(51)57-21-9-11-25-61(57)81-63)79-73(77-69)49-37-39-55-59(41-49)65-53-19-7-8-20-54(53)66(55)60-42-50(38-40-56(60)65)74-78-70(46-17-5-2-6-18-46)76-72(80-74)48-35-31-44(32-36-48)52-24-14-28-64-68(52)58-22-10-12-26-62(58)82-64/h1-42,65-66H. The first-order chi connectivity index (χ1) is 40.6. The predicted octanol–water partition coefficient (Wildman–Crippen LogP) is 18.2. The SMILES string of the molecule is c1ccc(-c2nc(-c3ccc(-c4cccc5oc6ccccc6c45)cc3)nc(-c3ccc4c(c3)C3c5ccccc5C4c4cc(-c5nc(-c6ccccc6)nc(-c6ccc(-c7cccc8oc9ccccc9c78)cc6)n5)ccc43)n2)cc1. The van der Waals surface area contributed by atoms with E-state index < -0.39 is 0 Å². The number of rotatable bonds is 8. The summed E-state index contributed by atoms with van der Waals surface area (Å²) in [7, 11) is 0. The van der Waals surface area contributed by atoms with Gasteiger partial charge in [-0.05, 0) is 92.0 Å². The van der Waals surface area contributed by atoms with Crippen LogP contribution >= 0.6 is 0 Å². The number of nitrogens with zero attached hydrogens (tertiary/aromatic N) is 6. The van der Waals surface area contributed by atoms with E-state index in [1.807, 2.05) is 72.8 Å². The van der Waals surface area contributed by atoms with Crippen molar-refractivity contribution in [2.24, 2.45) is 0 Å². The summed E-state index contributed by atoms with van der Waals surface area (Å²) >= 11 is 0. The summed E-state index contributed by atoms with van der Waals surface area (Å²) in [5.74, 6) is 3.66. The molecular weight excluding hydrogens is 1000 g/mol. The number of hydrogen-bond donors (Lipinski definition) is 0. The minimum absolute atomic E-state index is 0.0161. The van der Waals surface area contributed by atoms with Crippen molar-refractivity contribution in [2.45, 2.75) is 11.8 Å². The molecule has 382 valence electrons. The van der Waals surface area contributed by atoms with Gasteiger partial charge >= 0.3 is 0 Å². The molecule has 3 aliphatic carbocycles. The van der Waals surface area contributed by atoms with Crippen molar-refractivity contribution in [1.29, 1.82) is 0 Å². The molecule has 8 nitrogen and oxygen atoms in total. The molecule has 3 aliphatic rings. The highest BCUT2D eigenvalue weighted by molar-refractivity contribution is 6.13. The molecule has 8 heteroatoms. The highest BCUT2D eigenvalue weighted by atomic mass is 16.3. The zero-order valence-corrected chi connectivity index (χ0v) is 43.9. The second kappa shape index (κ2) is 18.3. The van der Waals surface area contributed by atoms with Crippen molar-refractivity contribution in [3.05, 3.63) is 288 Å². The average molecular weight is 1050 g/mol. The Kier molecular flexibility index (Phi) is 10.3. The van der Waals surface area contributed by atoms with E-state index in [2.05, 4.69) is 182 Å². The minimum Gasteiger partial charge on any atom is -0.456 e. The van der Waals surface area contributed by atoms with E-state index >= 15 is 0 Å². The van der Waals surface area contributed by atoms with Crippen molar-refractivity contribution in [1.82, 2.24) is 29.9 Å². The Morgan fingerprint density at radius 3 is 0.939 bits per heavy atom. The van der Waals surface area contributed by atoms with Crippen LogP contribution in [0.5, 0.6) is 0 Å². The molecule has 4 heterocycles. The summed E-state index contributed by atoms with van der Waals surface area (Å²) in [6.45, 7) is 0. The molecule has 2 atom stereocenters. The van der Waals surface area contributed by atoms with Gasteiger partial charge in [0.25, 0.3) is 0 Å². The normalized spacial score (nSPS) is 14.1. The largest absolute Gasteiger partial charge is 0.456 e. The monoisotopic (exact) mass is 1050 g/mol. The lowest BCUT2D eigenvalue weighted by Gasteiger charge is -2.42. The van der Waals surface area contributed by atoms with Crippen molar-refractivity contribution < 1.29 is 8.83 Å². The molecule has 0 N–H and O–H groups in total. The van der Waals surface area contributed by atoms with Crippen LogP contribution < -0.4 is 0 Å². The van der Waals surface area contributed by atoms with Gasteiger partial charge in [0.1, 0.15) is 22.3 Å². The molecule has 0 fully saturated rings. The molecule has 15 aromatic rings. The Morgan fingerprint density at radius 1 is 0.220 bits per heavy atom. The van der Waals surface area contributed by atoms with E-state index in [-0.39, 0.29) is 11.8 Å². The highest BCUT2D eigenvalue weighted by Gasteiger charge is 2.41. The summed E-state index contributed by atoms with van der Waals surface area (Å²) in [4.78, 5) is 31.2. The topological polar surface area (TPSA) is 104 Å². The molecule has 0 radical (unpaired) electrons. The van der Waals surface area contributed by atoms with Crippen LogP contribution in [-0.4, -0.2) is 29.9 Å². The van der Waals surface area contributed by atoms with Gasteiger partial charge in [-0.15, -0.1) is 0 Å². The van der Waals surface area contributed by atoms with Crippen molar-refractivity contribution in [3.8, 4) is 90.6 Å². The zero-order chi connectivity index (χ0) is 53.8. The van der Waals surface area contributed by atoms with E-state index in [0.717, 1.165) is 99.5 Å². The van der Waals surface area contributed by atoms with E-state index in [9.17, 15) is 0 Å². The van der Waals surface area contributed by atoms with Crippen LogP contribution in [0.1, 0.15) is 45.2 Å². The van der Waals surface area contributed by atoms with Crippen LogP contribution in [0, 0.1) is 0 Å². The summed E-state index contributed by atoms with van der Waals surface area (Å²) in [5, 5.41) is 4.41. The molecule has 0 aliphatic heterocycles. The number of para-hydroxylation sites is 2. The van der Waals surface area contributed by atoms with Gasteiger partial charge in [-0.2, -0.15) is 0 Å². The van der Waals surface area contributed by atoms with Crippen molar-refractivity contribution in [3.63, 3.8) is 0 Å². The fourth-order valence-corrected chi connectivity index (χ4v) is 12.8. The summed E-state index contributed by atoms with van der Waals surface area (Å²) in [6, 6.07) is 88.8. The fourth-order valence-electron chi connectivity index (χ4n) is 12.8. The first kappa shape index (κ1) is 46.0. The van der Waals surface area contributed by atoms with Crippen LogP contribution in [0.4, 0.5) is 0 Å². The van der Waals surface area contributed by atoms with Gasteiger partial charge in [-0.25, -0.2) is 29.9 Å². The summed E-state index contributed by atoms with van der Waals surface area (Å²) in [5.41, 5.74) is 21.1. The lowest BCUT2D eigenvalue weighted by Crippen LogP contribution is -2.27. The number of aromatic nitrogens is 6. The van der Waals surface area contributed by atoms with Gasteiger partial charge in [0, 0.05) is 66.8 Å². The molecule has 4 aromatic heterocycles. The fraction of sp³-hybridized carbons (Fsp3) is 0.0270. The van der Waals surface area contributed by atoms with Gasteiger partial charge in [0.2, 0.25) is 0 Å². The molecule has 2 unspecified atom stereocenters. The van der Waals surface area contributed by atoms with Crippen LogP contribution in [0.25, 0.3) is 134 Å². The number of furan rings is 2. The molecule has 2 bridgehead atoms. The third-order valence-corrected chi connectivity index (χ3v) is 16.6. The summed E-state index contributed by atoms with van der Waals surface area (Å²) < 4.78 is 12.5. The zero-order valence-electron chi connectivity index (χ0n) is 43.9. The minimum atomic E-state index is -0.0161. The Labute approximate surface area is 470 Å². The average Bonchev–Trinajstić information content (AvgIpc) is 3.58. The molecule has 0 spiro atoms. The number of benzene rings is 11. The molecule has 18 rings (SSSR count). The maximum Gasteiger partial charge on any atom is 0.164 e. The smallest absolute Gasteiger partial charge is 0.164 e. The third kappa shape index (κ3) is 7.38. The molecule has 0 saturated heterocycles. The van der Waals surface area contributed by atoms with Crippen LogP contribution in [0.2, 0.25) is 0 Å². The first-order valence-electron chi connectivity index (χ1n) is 27.6. The van der Waals surface area contributed by atoms with E-state index in [1.54, 1.807) is 0 Å².